The zero-order chi connectivity index (χ0) is 17.6. The fraction of sp³-hybridized carbons (Fsp3) is 0.450. The largest absolute Gasteiger partial charge is 0.342 e. The van der Waals surface area contributed by atoms with Crippen LogP contribution in [0.15, 0.2) is 42.7 Å². The van der Waals surface area contributed by atoms with Crippen LogP contribution in [0.4, 0.5) is 0 Å². The topological polar surface area (TPSA) is 55.2 Å². The van der Waals surface area contributed by atoms with Crippen molar-refractivity contribution in [3.05, 3.63) is 54.1 Å². The van der Waals surface area contributed by atoms with Gasteiger partial charge in [0.2, 0.25) is 5.91 Å². The molecule has 1 aromatic heterocycles. The van der Waals surface area contributed by atoms with Crippen LogP contribution in [0.1, 0.15) is 41.9 Å². The summed E-state index contributed by atoms with van der Waals surface area (Å²) in [4.78, 5) is 31.2. The molecule has 1 fully saturated rings. The van der Waals surface area contributed by atoms with E-state index in [4.69, 9.17) is 0 Å². The van der Waals surface area contributed by atoms with E-state index >= 15 is 0 Å². The summed E-state index contributed by atoms with van der Waals surface area (Å²) in [6, 6.07) is 9.40. The number of Topliss-reactive ketones (excluding diaryl/α,β-unsaturated/α-hetero) is 1. The van der Waals surface area contributed by atoms with Gasteiger partial charge in [-0.1, -0.05) is 30.3 Å². The first-order valence-electron chi connectivity index (χ1n) is 9.00. The van der Waals surface area contributed by atoms with E-state index in [1.165, 1.54) is 0 Å². The Morgan fingerprint density at radius 3 is 2.76 bits per heavy atom. The smallest absolute Gasteiger partial charge is 0.222 e. The number of imidazole rings is 1. The molecule has 1 aliphatic rings. The Morgan fingerprint density at radius 2 is 2.04 bits per heavy atom. The van der Waals surface area contributed by atoms with Gasteiger partial charge < -0.3 is 9.47 Å². The molecule has 2 heterocycles. The SMILES string of the molecule is Cc1nccn1CCCC(=O)N1CCCC(C(=O)c2ccccc2)C1. The summed E-state index contributed by atoms with van der Waals surface area (Å²) in [6.07, 6.45) is 6.80. The summed E-state index contributed by atoms with van der Waals surface area (Å²) >= 11 is 0. The molecule has 1 aliphatic heterocycles. The highest BCUT2D eigenvalue weighted by molar-refractivity contribution is 5.98. The average molecular weight is 339 g/mol. The molecular weight excluding hydrogens is 314 g/mol. The number of amides is 1. The minimum atomic E-state index is -0.0732. The number of aryl methyl sites for hydroxylation is 2. The number of rotatable bonds is 6. The van der Waals surface area contributed by atoms with Gasteiger partial charge in [0.05, 0.1) is 0 Å². The van der Waals surface area contributed by atoms with Crippen LogP contribution >= 0.6 is 0 Å². The zero-order valence-corrected chi connectivity index (χ0v) is 14.7. The molecule has 5 heteroatoms. The molecule has 0 radical (unpaired) electrons. The maximum absolute atomic E-state index is 12.6. The maximum Gasteiger partial charge on any atom is 0.222 e. The van der Waals surface area contributed by atoms with E-state index in [9.17, 15) is 9.59 Å². The van der Waals surface area contributed by atoms with Gasteiger partial charge in [-0.2, -0.15) is 0 Å². The number of nitrogens with zero attached hydrogens (tertiary/aromatic N) is 3. The highest BCUT2D eigenvalue weighted by Crippen LogP contribution is 2.21. The lowest BCUT2D eigenvalue weighted by Gasteiger charge is -2.32. The van der Waals surface area contributed by atoms with E-state index in [0.29, 0.717) is 13.0 Å². The fourth-order valence-electron chi connectivity index (χ4n) is 3.45. The van der Waals surface area contributed by atoms with Gasteiger partial charge >= 0.3 is 0 Å². The van der Waals surface area contributed by atoms with Crippen LogP contribution in [0.5, 0.6) is 0 Å². The fourth-order valence-corrected chi connectivity index (χ4v) is 3.45. The Kier molecular flexibility index (Phi) is 5.64. The van der Waals surface area contributed by atoms with Gasteiger partial charge in [0.1, 0.15) is 5.82 Å². The third-order valence-electron chi connectivity index (χ3n) is 4.92. The van der Waals surface area contributed by atoms with Gasteiger partial charge in [0.25, 0.3) is 0 Å². The first-order valence-corrected chi connectivity index (χ1v) is 9.00. The molecule has 25 heavy (non-hydrogen) atoms. The van der Waals surface area contributed by atoms with Crippen molar-refractivity contribution in [3.63, 3.8) is 0 Å². The number of carbonyl (C=O) groups excluding carboxylic acids is 2. The van der Waals surface area contributed by atoms with E-state index in [2.05, 4.69) is 9.55 Å². The van der Waals surface area contributed by atoms with Crippen molar-refractivity contribution < 1.29 is 9.59 Å². The molecule has 2 aromatic rings. The number of aromatic nitrogens is 2. The predicted octanol–water partition coefficient (Wildman–Crippen LogP) is 3.09. The Balaban J connectivity index is 1.51. The standard InChI is InChI=1S/C20H25N3O2/c1-16-21-11-14-22(16)12-6-10-19(24)23-13-5-9-18(15-23)20(25)17-7-3-2-4-8-17/h2-4,7-8,11,14,18H,5-6,9-10,12-13,15H2,1H3. The van der Waals surface area contributed by atoms with Crippen LogP contribution < -0.4 is 0 Å². The number of piperidine rings is 1. The second-order valence-electron chi connectivity index (χ2n) is 6.68. The number of benzene rings is 1. The predicted molar refractivity (Wildman–Crippen MR) is 96.3 cm³/mol. The Hall–Kier alpha value is -2.43. The molecule has 132 valence electrons. The normalized spacial score (nSPS) is 17.5. The first kappa shape index (κ1) is 17.4. The van der Waals surface area contributed by atoms with Gasteiger partial charge in [0, 0.05) is 49.9 Å². The summed E-state index contributed by atoms with van der Waals surface area (Å²) in [5, 5.41) is 0. The van der Waals surface area contributed by atoms with Crippen LogP contribution in [-0.2, 0) is 11.3 Å². The Bertz CT molecular complexity index is 724. The number of ketones is 1. The van der Waals surface area contributed by atoms with E-state index < -0.39 is 0 Å². The van der Waals surface area contributed by atoms with Crippen molar-refractivity contribution in [2.45, 2.75) is 39.2 Å². The quantitative estimate of drug-likeness (QED) is 0.760. The molecule has 0 aliphatic carbocycles. The van der Waals surface area contributed by atoms with Crippen LogP contribution in [-0.4, -0.2) is 39.2 Å². The molecule has 0 bridgehead atoms. The van der Waals surface area contributed by atoms with E-state index in [1.807, 2.05) is 48.4 Å². The molecule has 1 atom stereocenters. The molecule has 0 N–H and O–H groups in total. The summed E-state index contributed by atoms with van der Waals surface area (Å²) in [5.74, 6) is 1.21. The molecule has 1 unspecified atom stereocenters. The summed E-state index contributed by atoms with van der Waals surface area (Å²) in [6.45, 7) is 4.09. The van der Waals surface area contributed by atoms with Crippen LogP contribution in [0, 0.1) is 12.8 Å². The van der Waals surface area contributed by atoms with E-state index in [1.54, 1.807) is 6.20 Å². The summed E-state index contributed by atoms with van der Waals surface area (Å²) in [7, 11) is 0. The first-order chi connectivity index (χ1) is 12.1. The highest BCUT2D eigenvalue weighted by Gasteiger charge is 2.28. The Labute approximate surface area is 148 Å². The van der Waals surface area contributed by atoms with Crippen molar-refractivity contribution in [2.24, 2.45) is 5.92 Å². The molecule has 3 rings (SSSR count). The lowest BCUT2D eigenvalue weighted by atomic mass is 9.90. The van der Waals surface area contributed by atoms with Gasteiger partial charge in [-0.25, -0.2) is 4.98 Å². The summed E-state index contributed by atoms with van der Waals surface area (Å²) in [5.41, 5.74) is 0.748. The van der Waals surface area contributed by atoms with Crippen molar-refractivity contribution >= 4 is 11.7 Å². The van der Waals surface area contributed by atoms with Crippen molar-refractivity contribution in [1.29, 1.82) is 0 Å². The molecule has 0 saturated carbocycles. The van der Waals surface area contributed by atoms with E-state index in [0.717, 1.165) is 43.7 Å². The van der Waals surface area contributed by atoms with Crippen molar-refractivity contribution in [2.75, 3.05) is 13.1 Å². The third-order valence-corrected chi connectivity index (χ3v) is 4.92. The van der Waals surface area contributed by atoms with Crippen LogP contribution in [0.25, 0.3) is 0 Å². The second-order valence-corrected chi connectivity index (χ2v) is 6.68. The Morgan fingerprint density at radius 1 is 1.24 bits per heavy atom. The van der Waals surface area contributed by atoms with Crippen LogP contribution in [0.2, 0.25) is 0 Å². The molecule has 0 spiro atoms. The minimum Gasteiger partial charge on any atom is -0.342 e. The highest BCUT2D eigenvalue weighted by atomic mass is 16.2. The lowest BCUT2D eigenvalue weighted by Crippen LogP contribution is -2.42. The number of likely N-dealkylation sites (tertiary alicyclic amines) is 1. The van der Waals surface area contributed by atoms with Crippen molar-refractivity contribution in [1.82, 2.24) is 14.5 Å². The number of hydrogen-bond acceptors (Lipinski definition) is 3. The molecule has 1 saturated heterocycles. The summed E-state index contributed by atoms with van der Waals surface area (Å²) < 4.78 is 2.06. The molecule has 5 nitrogen and oxygen atoms in total. The third kappa shape index (κ3) is 4.35. The van der Waals surface area contributed by atoms with Crippen LogP contribution in [0.3, 0.4) is 0 Å². The van der Waals surface area contributed by atoms with Gasteiger partial charge in [0.15, 0.2) is 5.78 Å². The van der Waals surface area contributed by atoms with Gasteiger partial charge in [-0.05, 0) is 26.2 Å². The molecule has 1 amide bonds. The molecule has 1 aromatic carbocycles. The zero-order valence-electron chi connectivity index (χ0n) is 14.7. The lowest BCUT2D eigenvalue weighted by molar-refractivity contribution is -0.132. The minimum absolute atomic E-state index is 0.0732. The molecular formula is C20H25N3O2. The number of carbonyl (C=O) groups is 2. The van der Waals surface area contributed by atoms with Crippen molar-refractivity contribution in [3.8, 4) is 0 Å². The number of hydrogen-bond donors (Lipinski definition) is 0. The maximum atomic E-state index is 12.6. The average Bonchev–Trinajstić information content (AvgIpc) is 3.07. The van der Waals surface area contributed by atoms with Gasteiger partial charge in [-0.15, -0.1) is 0 Å². The van der Waals surface area contributed by atoms with Gasteiger partial charge in [-0.3, -0.25) is 9.59 Å². The second kappa shape index (κ2) is 8.10. The van der Waals surface area contributed by atoms with E-state index in [-0.39, 0.29) is 17.6 Å². The monoisotopic (exact) mass is 339 g/mol.